The van der Waals surface area contributed by atoms with Crippen LogP contribution < -0.4 is 19.3 Å². The van der Waals surface area contributed by atoms with Crippen molar-refractivity contribution in [2.75, 3.05) is 16.5 Å². The van der Waals surface area contributed by atoms with Crippen LogP contribution in [0.5, 0.6) is 23.0 Å². The lowest BCUT2D eigenvalue weighted by Crippen LogP contribution is -2.25. The maximum atomic E-state index is 9.99. The lowest BCUT2D eigenvalue weighted by molar-refractivity contribution is 0.482. The van der Waals surface area contributed by atoms with E-state index in [4.69, 9.17) is 21.3 Å². The molecule has 0 aliphatic carbocycles. The third kappa shape index (κ3) is 7.95. The van der Waals surface area contributed by atoms with E-state index in [0.29, 0.717) is 46.4 Å². The first-order valence-corrected chi connectivity index (χ1v) is 25.0. The first-order chi connectivity index (χ1) is 39.2. The Morgan fingerprint density at radius 3 is 1.78 bits per heavy atom. The summed E-state index contributed by atoms with van der Waals surface area (Å²) >= 11 is 0. The molecule has 12 bridgehead atoms. The van der Waals surface area contributed by atoms with Crippen LogP contribution in [0.4, 0.5) is 22.7 Å². The Kier molecular flexibility index (Phi) is 8.70. The topological polar surface area (TPSA) is 42.8 Å². The number of fused-ring (bicyclic) bond motifs is 6. The molecule has 74 heavy (non-hydrogen) atoms. The third-order valence-corrected chi connectivity index (χ3v) is 14.2. The number of para-hydroxylation sites is 2. The van der Waals surface area contributed by atoms with Crippen LogP contribution in [0.3, 0.4) is 0 Å². The summed E-state index contributed by atoms with van der Waals surface area (Å²) in [6.07, 6.45) is 1.81. The van der Waals surface area contributed by atoms with Crippen LogP contribution in [0.25, 0.3) is 72.1 Å². The monoisotopic (exact) mass is 968 g/mol. The first kappa shape index (κ1) is 37.0. The molecule has 0 saturated carbocycles. The Morgan fingerprint density at radius 2 is 1.09 bits per heavy atom. The van der Waals surface area contributed by atoms with Crippen LogP contribution in [0.15, 0.2) is 218 Å². The van der Waals surface area contributed by atoms with Gasteiger partial charge in [0.2, 0.25) is 0 Å². The second-order valence-corrected chi connectivity index (χ2v) is 21.1. The summed E-state index contributed by atoms with van der Waals surface area (Å²) in [6, 6.07) is 51.5. The maximum Gasteiger partial charge on any atom is 0.137 e. The molecular weight excluding hydrogens is 905 g/mol. The molecule has 0 spiro atoms. The van der Waals surface area contributed by atoms with Gasteiger partial charge in [-0.3, -0.25) is 4.57 Å². The van der Waals surface area contributed by atoms with E-state index in [1.165, 1.54) is 5.56 Å². The van der Waals surface area contributed by atoms with E-state index in [1.54, 1.807) is 4.57 Å². The molecular formula is C68H56N4O2. The molecule has 0 saturated heterocycles. The average molecular weight is 969 g/mol. The van der Waals surface area contributed by atoms with Crippen molar-refractivity contribution in [3.05, 3.63) is 229 Å². The van der Waals surface area contributed by atoms with Gasteiger partial charge in [-0.05, 0) is 135 Å². The van der Waals surface area contributed by atoms with Crippen molar-refractivity contribution in [3.63, 3.8) is 0 Å². The van der Waals surface area contributed by atoms with Gasteiger partial charge in [0.15, 0.2) is 0 Å². The number of aromatic nitrogens is 2. The molecule has 0 fully saturated rings. The molecule has 6 nitrogen and oxygen atoms in total. The lowest BCUT2D eigenvalue weighted by atomic mass is 9.82. The number of hydrogen-bond acceptors (Lipinski definition) is 5. The molecule has 5 aliphatic rings. The van der Waals surface area contributed by atoms with Crippen LogP contribution in [-0.2, 0) is 10.8 Å². The SMILES string of the molecule is [2H]c1c([2H])c([2H])c(-c2c([2H])c([2H])c3c4ccc5cc4n(c3c2[2H])-c2cc(C(C)(C)C)c(cn2)-c2ccc(cc2)Oc2ccc(cc2)-c2cc(C(C)(C)C)cc(-c3ccccc3)c2N2CN(c3cccc(c3)O5)c3ccccc32)c([2H])c1[2H]. The zero-order chi connectivity index (χ0) is 57.3. The summed E-state index contributed by atoms with van der Waals surface area (Å²) in [5, 5.41) is 0.812. The van der Waals surface area contributed by atoms with E-state index >= 15 is 0 Å². The molecule has 0 N–H and O–H groups in total. The van der Waals surface area contributed by atoms with Crippen LogP contribution in [0.2, 0.25) is 0 Å². The molecule has 7 heterocycles. The van der Waals surface area contributed by atoms with Gasteiger partial charge in [0.1, 0.15) is 35.5 Å². The summed E-state index contributed by atoms with van der Waals surface area (Å²) < 4.78 is 87.6. The van der Waals surface area contributed by atoms with Gasteiger partial charge in [0.05, 0.1) is 39.1 Å². The number of pyridine rings is 1. The summed E-state index contributed by atoms with van der Waals surface area (Å²) in [4.78, 5) is 9.84. The highest BCUT2D eigenvalue weighted by Crippen LogP contribution is 2.52. The summed E-state index contributed by atoms with van der Waals surface area (Å²) in [5.74, 6) is 2.75. The molecule has 0 amide bonds. The van der Waals surface area contributed by atoms with E-state index in [1.807, 2.05) is 85.1 Å². The Bertz CT molecular complexity index is 4410. The van der Waals surface area contributed by atoms with Crippen molar-refractivity contribution in [2.45, 2.75) is 52.4 Å². The van der Waals surface area contributed by atoms with Crippen LogP contribution >= 0.6 is 0 Å². The van der Waals surface area contributed by atoms with Gasteiger partial charge in [0.25, 0.3) is 0 Å². The van der Waals surface area contributed by atoms with E-state index in [9.17, 15) is 4.11 Å². The average Bonchev–Trinajstić information content (AvgIpc) is 1.76. The Hall–Kier alpha value is -8.87. The van der Waals surface area contributed by atoms with Crippen molar-refractivity contribution >= 4 is 44.6 Å². The molecule has 11 aromatic rings. The number of nitrogens with zero attached hydrogens (tertiary/aromatic N) is 4. The second-order valence-electron chi connectivity index (χ2n) is 21.1. The minimum absolute atomic E-state index is 0.172. The largest absolute Gasteiger partial charge is 0.457 e. The van der Waals surface area contributed by atoms with Crippen LogP contribution in [0, 0.1) is 0 Å². The predicted octanol–water partition coefficient (Wildman–Crippen LogP) is 18.6. The molecule has 16 rings (SSSR count). The van der Waals surface area contributed by atoms with Gasteiger partial charge in [-0.15, -0.1) is 0 Å². The van der Waals surface area contributed by atoms with Crippen molar-refractivity contribution in [1.82, 2.24) is 9.55 Å². The summed E-state index contributed by atoms with van der Waals surface area (Å²) in [5.41, 5.74) is 11.8. The smallest absolute Gasteiger partial charge is 0.137 e. The molecule has 0 radical (unpaired) electrons. The van der Waals surface area contributed by atoms with Crippen molar-refractivity contribution in [2.24, 2.45) is 0 Å². The fourth-order valence-corrected chi connectivity index (χ4v) is 10.4. The molecule has 0 unspecified atom stereocenters. The zero-order valence-electron chi connectivity index (χ0n) is 50.0. The Labute approximate surface area is 444 Å². The summed E-state index contributed by atoms with van der Waals surface area (Å²) in [7, 11) is 0. The van der Waals surface area contributed by atoms with Crippen molar-refractivity contribution < 1.29 is 20.4 Å². The fraction of sp³-hybridized carbons (Fsp3) is 0.132. The van der Waals surface area contributed by atoms with Crippen molar-refractivity contribution in [1.29, 1.82) is 0 Å². The minimum Gasteiger partial charge on any atom is -0.457 e. The highest BCUT2D eigenvalue weighted by molar-refractivity contribution is 6.10. The molecule has 5 aliphatic heterocycles. The fourth-order valence-electron chi connectivity index (χ4n) is 10.4. The molecule has 0 atom stereocenters. The number of benzene rings is 9. The Morgan fingerprint density at radius 1 is 0.473 bits per heavy atom. The van der Waals surface area contributed by atoms with Gasteiger partial charge < -0.3 is 19.3 Å². The second kappa shape index (κ2) is 17.4. The van der Waals surface area contributed by atoms with Gasteiger partial charge >= 0.3 is 0 Å². The van der Waals surface area contributed by atoms with E-state index in [0.717, 1.165) is 61.7 Å². The van der Waals surface area contributed by atoms with E-state index in [2.05, 4.69) is 136 Å². The molecule has 360 valence electrons. The summed E-state index contributed by atoms with van der Waals surface area (Å²) in [6.45, 7) is 13.6. The van der Waals surface area contributed by atoms with Gasteiger partial charge in [0, 0.05) is 51.5 Å². The van der Waals surface area contributed by atoms with Gasteiger partial charge in [-0.1, -0.05) is 157 Å². The molecule has 2 aromatic heterocycles. The van der Waals surface area contributed by atoms with Crippen LogP contribution in [-0.4, -0.2) is 16.2 Å². The number of hydrogen-bond donors (Lipinski definition) is 0. The lowest BCUT2D eigenvalue weighted by Gasteiger charge is -2.30. The number of anilines is 4. The quantitative estimate of drug-likeness (QED) is 0.173. The predicted molar refractivity (Wildman–Crippen MR) is 306 cm³/mol. The maximum absolute atomic E-state index is 9.99. The third-order valence-electron chi connectivity index (χ3n) is 14.2. The standard InChI is InChI=1S/C68H56N4O2/c1-67(2,3)49-37-57(45-18-11-8-12-19-45)66-58(38-49)46-24-29-51(30-25-46)73-52-31-26-47(27-32-52)59-42-69-65(41-60(59)68(4,5)6)72-63-36-48(44-16-9-7-10-17-44)28-34-55(63)56-35-33-54(40-64(56)72)74-53-21-15-20-50(39-53)70-43-71(66)62-23-14-13-22-61(62)70/h7-42H,43H2,1-6H3/i7D,9D,10D,16D,17D,28D,34D,36D. The number of ether oxygens (including phenoxy) is 2. The minimum atomic E-state index is -0.601. The Balaban J connectivity index is 1.05. The van der Waals surface area contributed by atoms with E-state index < -0.39 is 41.7 Å². The first-order valence-electron chi connectivity index (χ1n) is 29.0. The zero-order valence-corrected chi connectivity index (χ0v) is 42.0. The highest BCUT2D eigenvalue weighted by atomic mass is 16.5. The normalized spacial score (nSPS) is 14.6. The van der Waals surface area contributed by atoms with Gasteiger partial charge in [-0.25, -0.2) is 4.98 Å². The molecule has 9 aromatic carbocycles. The highest BCUT2D eigenvalue weighted by Gasteiger charge is 2.33. The van der Waals surface area contributed by atoms with Gasteiger partial charge in [-0.2, -0.15) is 0 Å². The molecule has 6 heteroatoms. The van der Waals surface area contributed by atoms with E-state index in [-0.39, 0.29) is 39.5 Å². The number of rotatable bonds is 2. The van der Waals surface area contributed by atoms with Crippen molar-refractivity contribution in [3.8, 4) is 73.3 Å². The van der Waals surface area contributed by atoms with Crippen LogP contribution in [0.1, 0.15) is 63.6 Å².